The lowest BCUT2D eigenvalue weighted by atomic mass is 9.83. The number of piperidine rings is 2. The summed E-state index contributed by atoms with van der Waals surface area (Å²) in [6, 6.07) is 36.7. The highest BCUT2D eigenvalue weighted by Gasteiger charge is 2.37. The minimum atomic E-state index is -1.23. The van der Waals surface area contributed by atoms with Crippen molar-refractivity contribution in [2.24, 2.45) is 0 Å². The zero-order valence-corrected chi connectivity index (χ0v) is 37.5. The molecule has 2 unspecified atom stereocenters. The van der Waals surface area contributed by atoms with Crippen molar-refractivity contribution in [1.82, 2.24) is 19.8 Å². The molecule has 0 bridgehead atoms. The maximum Gasteiger partial charge on any atom is 0.420 e. The van der Waals surface area contributed by atoms with Crippen molar-refractivity contribution in [1.29, 1.82) is 0 Å². The number of fused-ring (bicyclic) bond motifs is 4. The number of aliphatic hydroxyl groups is 2. The highest BCUT2D eigenvalue weighted by Crippen LogP contribution is 2.37. The zero-order valence-electron chi connectivity index (χ0n) is 37.5. The van der Waals surface area contributed by atoms with Gasteiger partial charge in [-0.15, -0.1) is 0 Å². The Hall–Kier alpha value is -7.10. The first kappa shape index (κ1) is 44.7. The molecule has 10 rings (SSSR count). The predicted molar refractivity (Wildman–Crippen MR) is 257 cm³/mol. The van der Waals surface area contributed by atoms with Crippen molar-refractivity contribution in [3.8, 4) is 23.0 Å². The van der Waals surface area contributed by atoms with E-state index in [1.54, 1.807) is 48.8 Å². The Balaban J connectivity index is 0.801. The summed E-state index contributed by atoms with van der Waals surface area (Å²) in [6.07, 6.45) is 3.60. The fourth-order valence-corrected chi connectivity index (χ4v) is 9.71. The molecule has 2 atom stereocenters. The van der Waals surface area contributed by atoms with E-state index in [0.717, 1.165) is 54.5 Å². The predicted octanol–water partition coefficient (Wildman–Crippen LogP) is 8.31. The number of hydrogen-bond donors (Lipinski definition) is 6. The number of nitrogens with zero attached hydrogens (tertiary/aromatic N) is 2. The average Bonchev–Trinajstić information content (AvgIpc) is 4.05. The van der Waals surface area contributed by atoms with E-state index in [-0.39, 0.29) is 24.3 Å². The molecule has 0 spiro atoms. The molecular formula is C54H54N4O10. The number of aromatic nitrogens is 2. The van der Waals surface area contributed by atoms with Crippen LogP contribution in [0.1, 0.15) is 49.7 Å². The number of phenolic OH excluding ortho intramolecular Hbond substituents is 2. The fraction of sp³-hybridized carbons (Fsp3) is 0.296. The minimum absolute atomic E-state index is 0.190. The maximum atomic E-state index is 13.8. The Labute approximate surface area is 392 Å². The Kier molecular flexibility index (Phi) is 12.4. The molecule has 2 aromatic heterocycles. The molecule has 14 nitrogen and oxygen atoms in total. The number of hydrogen-bond acceptors (Lipinski definition) is 12. The average molecular weight is 919 g/mol. The second-order valence-electron chi connectivity index (χ2n) is 18.1. The summed E-state index contributed by atoms with van der Waals surface area (Å²) in [5, 5.41) is 48.6. The van der Waals surface area contributed by atoms with Gasteiger partial charge in [0.2, 0.25) is 12.6 Å². The van der Waals surface area contributed by atoms with Crippen molar-refractivity contribution < 1.29 is 49.0 Å². The van der Waals surface area contributed by atoms with E-state index in [4.69, 9.17) is 18.9 Å². The van der Waals surface area contributed by atoms with E-state index >= 15 is 0 Å². The summed E-state index contributed by atoms with van der Waals surface area (Å²) < 4.78 is 24.4. The normalized spacial score (nSPS) is 17.3. The van der Waals surface area contributed by atoms with E-state index in [9.17, 15) is 30.0 Å². The summed E-state index contributed by atoms with van der Waals surface area (Å²) in [5.74, 6) is -1.12. The SMILES string of the molecule is O=C(OC(CCN1CCC(O)(c2ccc3cc(O)ccc3c2)CC1)Oc1cccc2[nH]ccc12)C(=O)OC(CCN1CCC(O)(c2ccc3cc(O)ccc3c2)CC1)Oc1cccc2[nH]ccc12. The molecule has 4 heterocycles. The third-order valence-electron chi connectivity index (χ3n) is 13.7. The molecule has 350 valence electrons. The number of aromatic amines is 2. The van der Waals surface area contributed by atoms with Crippen molar-refractivity contribution in [2.45, 2.75) is 62.3 Å². The van der Waals surface area contributed by atoms with Crippen LogP contribution in [0.2, 0.25) is 0 Å². The van der Waals surface area contributed by atoms with Crippen molar-refractivity contribution >= 4 is 55.3 Å². The van der Waals surface area contributed by atoms with Crippen LogP contribution in [0.4, 0.5) is 0 Å². The number of benzene rings is 6. The number of nitrogens with one attached hydrogen (secondary N) is 2. The lowest BCUT2D eigenvalue weighted by molar-refractivity contribution is -0.191. The first-order valence-electron chi connectivity index (χ1n) is 23.2. The van der Waals surface area contributed by atoms with Gasteiger partial charge >= 0.3 is 11.9 Å². The Morgan fingerprint density at radius 1 is 0.529 bits per heavy atom. The number of likely N-dealkylation sites (tertiary alicyclic amines) is 2. The minimum Gasteiger partial charge on any atom is -0.508 e. The highest BCUT2D eigenvalue weighted by molar-refractivity contribution is 6.29. The molecular weight excluding hydrogens is 865 g/mol. The second-order valence-corrected chi connectivity index (χ2v) is 18.1. The Morgan fingerprint density at radius 2 is 0.926 bits per heavy atom. The van der Waals surface area contributed by atoms with Gasteiger partial charge in [-0.2, -0.15) is 0 Å². The monoisotopic (exact) mass is 918 g/mol. The number of ether oxygens (including phenoxy) is 4. The molecule has 0 aliphatic carbocycles. The van der Waals surface area contributed by atoms with Crippen LogP contribution in [0, 0.1) is 0 Å². The standard InChI is InChI=1S/C54H54N4O10/c59-41-13-9-35-31-39(11-7-37(35)33-41)53(63)19-27-57(28-20-53)25-17-49(65-47-5-1-3-45-43(47)15-23-55-45)67-51(61)52(62)68-50(66-48-6-2-4-46-44(48)16-24-56-46)18-26-58-29-21-54(64,22-30-58)40-12-8-38-34-42(60)14-10-36(38)32-40/h1-16,23-24,31-34,49-50,55-56,59-60,63-64H,17-22,25-30H2. The van der Waals surface area contributed by atoms with E-state index in [1.165, 1.54) is 0 Å². The topological polar surface area (TPSA) is 190 Å². The summed E-state index contributed by atoms with van der Waals surface area (Å²) >= 11 is 0. The Bertz CT molecular complexity index is 2890. The van der Waals surface area contributed by atoms with E-state index in [0.29, 0.717) is 76.5 Å². The number of carbonyl (C=O) groups is 2. The number of phenols is 2. The molecule has 2 aliphatic rings. The molecule has 6 N–H and O–H groups in total. The van der Waals surface area contributed by atoms with Crippen LogP contribution in [-0.4, -0.2) is 104 Å². The first-order valence-corrected chi connectivity index (χ1v) is 23.2. The molecule has 14 heteroatoms. The number of esters is 2. The molecule has 6 aromatic carbocycles. The van der Waals surface area contributed by atoms with Gasteiger partial charge in [0.1, 0.15) is 23.0 Å². The van der Waals surface area contributed by atoms with Gasteiger partial charge in [0.25, 0.3) is 0 Å². The first-order chi connectivity index (χ1) is 33.0. The highest BCUT2D eigenvalue weighted by atomic mass is 16.7. The van der Waals surface area contributed by atoms with E-state index in [1.807, 2.05) is 84.9 Å². The Morgan fingerprint density at radius 3 is 1.35 bits per heavy atom. The van der Waals surface area contributed by atoms with Gasteiger partial charge in [-0.05, 0) is 131 Å². The summed E-state index contributed by atoms with van der Waals surface area (Å²) in [5.41, 5.74) is 1.23. The van der Waals surface area contributed by atoms with Crippen molar-refractivity contribution in [2.75, 3.05) is 39.3 Å². The van der Waals surface area contributed by atoms with Gasteiger partial charge < -0.3 is 59.1 Å². The molecule has 0 saturated carbocycles. The third-order valence-corrected chi connectivity index (χ3v) is 13.7. The number of aromatic hydroxyl groups is 2. The van der Waals surface area contributed by atoms with Crippen molar-refractivity contribution in [3.63, 3.8) is 0 Å². The summed E-state index contributed by atoms with van der Waals surface area (Å²) in [6.45, 7) is 3.17. The summed E-state index contributed by atoms with van der Waals surface area (Å²) in [4.78, 5) is 38.2. The van der Waals surface area contributed by atoms with Gasteiger partial charge in [0.15, 0.2) is 0 Å². The van der Waals surface area contributed by atoms with Crippen LogP contribution in [0.3, 0.4) is 0 Å². The van der Waals surface area contributed by atoms with Gasteiger partial charge in [0, 0.05) is 86.3 Å². The van der Waals surface area contributed by atoms with Gasteiger partial charge in [-0.3, -0.25) is 0 Å². The number of rotatable bonds is 14. The van der Waals surface area contributed by atoms with Crippen LogP contribution in [-0.2, 0) is 30.3 Å². The van der Waals surface area contributed by atoms with Gasteiger partial charge in [0.05, 0.1) is 11.2 Å². The smallest absolute Gasteiger partial charge is 0.420 e. The molecule has 0 radical (unpaired) electrons. The van der Waals surface area contributed by atoms with Crippen LogP contribution in [0.15, 0.2) is 134 Å². The van der Waals surface area contributed by atoms with Crippen LogP contribution >= 0.6 is 0 Å². The van der Waals surface area contributed by atoms with Crippen LogP contribution in [0.25, 0.3) is 43.4 Å². The van der Waals surface area contributed by atoms with Crippen LogP contribution < -0.4 is 9.47 Å². The van der Waals surface area contributed by atoms with Gasteiger partial charge in [-0.25, -0.2) is 9.59 Å². The number of carbonyl (C=O) groups excluding carboxylic acids is 2. The fourth-order valence-electron chi connectivity index (χ4n) is 9.71. The lowest BCUT2D eigenvalue weighted by Crippen LogP contribution is -2.44. The lowest BCUT2D eigenvalue weighted by Gasteiger charge is -2.39. The maximum absolute atomic E-state index is 13.8. The molecule has 2 aliphatic heterocycles. The second kappa shape index (κ2) is 18.9. The number of H-pyrrole nitrogens is 2. The summed E-state index contributed by atoms with van der Waals surface area (Å²) in [7, 11) is 0. The zero-order chi connectivity index (χ0) is 46.8. The van der Waals surface area contributed by atoms with E-state index in [2.05, 4.69) is 19.8 Å². The van der Waals surface area contributed by atoms with Crippen LogP contribution in [0.5, 0.6) is 23.0 Å². The molecule has 2 fully saturated rings. The quantitative estimate of drug-likeness (QED) is 0.0348. The largest absolute Gasteiger partial charge is 0.508 e. The third kappa shape index (κ3) is 9.67. The van der Waals surface area contributed by atoms with Gasteiger partial charge in [-0.1, -0.05) is 48.5 Å². The molecule has 0 amide bonds. The molecule has 2 saturated heterocycles. The van der Waals surface area contributed by atoms with E-state index < -0.39 is 35.7 Å². The van der Waals surface area contributed by atoms with Crippen molar-refractivity contribution in [3.05, 3.63) is 145 Å². The molecule has 68 heavy (non-hydrogen) atoms. The molecule has 8 aromatic rings.